The standard InChI is InChI=1S/C14H25NO6S/c16-13(15-7-4-8-22(19,20)21)9-12(10-14(17)18)11-5-2-1-3-6-11/h11-12H,1-10H2,(H,15,16)(H,17,18)(H,19,20,21). The average molecular weight is 335 g/mol. The van der Waals surface area contributed by atoms with Crippen molar-refractivity contribution in [3.05, 3.63) is 0 Å². The summed E-state index contributed by atoms with van der Waals surface area (Å²) < 4.78 is 29.7. The zero-order valence-electron chi connectivity index (χ0n) is 12.7. The summed E-state index contributed by atoms with van der Waals surface area (Å²) in [5, 5.41) is 11.6. The van der Waals surface area contributed by atoms with Gasteiger partial charge in [-0.25, -0.2) is 0 Å². The van der Waals surface area contributed by atoms with E-state index in [-0.39, 0.29) is 43.6 Å². The third-order valence-corrected chi connectivity index (χ3v) is 4.91. The van der Waals surface area contributed by atoms with E-state index in [0.29, 0.717) is 0 Å². The Morgan fingerprint density at radius 3 is 2.32 bits per heavy atom. The van der Waals surface area contributed by atoms with Crippen LogP contribution in [0.25, 0.3) is 0 Å². The van der Waals surface area contributed by atoms with Gasteiger partial charge in [0.2, 0.25) is 5.91 Å². The molecule has 1 unspecified atom stereocenters. The fourth-order valence-electron chi connectivity index (χ4n) is 3.03. The average Bonchev–Trinajstić information content (AvgIpc) is 2.42. The van der Waals surface area contributed by atoms with Crippen molar-refractivity contribution in [3.63, 3.8) is 0 Å². The minimum absolute atomic E-state index is 0.0108. The fourth-order valence-corrected chi connectivity index (χ4v) is 3.54. The van der Waals surface area contributed by atoms with E-state index in [9.17, 15) is 18.0 Å². The van der Waals surface area contributed by atoms with Crippen molar-refractivity contribution in [2.45, 2.75) is 51.4 Å². The zero-order chi connectivity index (χ0) is 16.6. The number of aliphatic carboxylic acids is 1. The van der Waals surface area contributed by atoms with Crippen LogP contribution in [0.5, 0.6) is 0 Å². The molecule has 0 bridgehead atoms. The van der Waals surface area contributed by atoms with Crippen LogP contribution in [-0.4, -0.2) is 42.3 Å². The van der Waals surface area contributed by atoms with Crippen molar-refractivity contribution < 1.29 is 27.7 Å². The van der Waals surface area contributed by atoms with Crippen LogP contribution in [0, 0.1) is 11.8 Å². The van der Waals surface area contributed by atoms with E-state index in [1.54, 1.807) is 0 Å². The van der Waals surface area contributed by atoms with E-state index >= 15 is 0 Å². The van der Waals surface area contributed by atoms with Crippen LogP contribution in [0.3, 0.4) is 0 Å². The normalized spacial score (nSPS) is 17.9. The number of nitrogens with one attached hydrogen (secondary N) is 1. The molecule has 1 rings (SSSR count). The first-order valence-corrected chi connectivity index (χ1v) is 9.32. The van der Waals surface area contributed by atoms with E-state index in [1.807, 2.05) is 0 Å². The van der Waals surface area contributed by atoms with Gasteiger partial charge in [0.1, 0.15) is 0 Å². The Morgan fingerprint density at radius 1 is 1.14 bits per heavy atom. The number of hydrogen-bond acceptors (Lipinski definition) is 4. The molecule has 0 aromatic rings. The maximum Gasteiger partial charge on any atom is 0.303 e. The minimum Gasteiger partial charge on any atom is -0.481 e. The van der Waals surface area contributed by atoms with Crippen molar-refractivity contribution in [2.75, 3.05) is 12.3 Å². The van der Waals surface area contributed by atoms with Gasteiger partial charge in [0.05, 0.1) is 5.75 Å². The molecule has 0 radical (unpaired) electrons. The number of hydrogen-bond donors (Lipinski definition) is 3. The van der Waals surface area contributed by atoms with E-state index in [0.717, 1.165) is 32.1 Å². The number of carboxylic acid groups (broad SMARTS) is 1. The molecule has 7 nitrogen and oxygen atoms in total. The predicted molar refractivity (Wildman–Crippen MR) is 81.0 cm³/mol. The van der Waals surface area contributed by atoms with E-state index in [1.165, 1.54) is 0 Å². The molecule has 1 aliphatic carbocycles. The lowest BCUT2D eigenvalue weighted by Gasteiger charge is -2.29. The SMILES string of the molecule is O=C(O)CC(CC(=O)NCCCS(=O)(=O)O)C1CCCCC1. The molecule has 0 aromatic carbocycles. The molecule has 8 heteroatoms. The molecule has 1 fully saturated rings. The first kappa shape index (κ1) is 18.9. The molecule has 0 aromatic heterocycles. The van der Waals surface area contributed by atoms with Crippen LogP contribution >= 0.6 is 0 Å². The summed E-state index contributed by atoms with van der Waals surface area (Å²) in [6.07, 6.45) is 5.54. The smallest absolute Gasteiger partial charge is 0.303 e. The molecule has 1 amide bonds. The maximum atomic E-state index is 11.9. The highest BCUT2D eigenvalue weighted by Gasteiger charge is 2.27. The molecule has 1 aliphatic rings. The van der Waals surface area contributed by atoms with E-state index < -0.39 is 21.8 Å². The van der Waals surface area contributed by atoms with Crippen molar-refractivity contribution in [1.82, 2.24) is 5.32 Å². The third-order valence-electron chi connectivity index (χ3n) is 4.10. The Kier molecular flexibility index (Phi) is 7.81. The summed E-state index contributed by atoms with van der Waals surface area (Å²) in [4.78, 5) is 22.9. The number of amides is 1. The molecule has 128 valence electrons. The summed E-state index contributed by atoms with van der Waals surface area (Å²) >= 11 is 0. The third kappa shape index (κ3) is 8.33. The van der Waals surface area contributed by atoms with Gasteiger partial charge in [-0.1, -0.05) is 32.1 Å². The second-order valence-electron chi connectivity index (χ2n) is 5.95. The van der Waals surface area contributed by atoms with Gasteiger partial charge in [-0.15, -0.1) is 0 Å². The maximum absolute atomic E-state index is 11.9. The lowest BCUT2D eigenvalue weighted by atomic mass is 9.77. The molecular formula is C14H25NO6S. The van der Waals surface area contributed by atoms with Crippen LogP contribution in [0.2, 0.25) is 0 Å². The van der Waals surface area contributed by atoms with Crippen LogP contribution in [-0.2, 0) is 19.7 Å². The highest BCUT2D eigenvalue weighted by atomic mass is 32.2. The number of rotatable bonds is 9. The summed E-state index contributed by atoms with van der Waals surface area (Å²) in [6.45, 7) is 0.156. The van der Waals surface area contributed by atoms with Crippen LogP contribution in [0.15, 0.2) is 0 Å². The van der Waals surface area contributed by atoms with Crippen molar-refractivity contribution in [1.29, 1.82) is 0 Å². The van der Waals surface area contributed by atoms with Crippen LogP contribution in [0.4, 0.5) is 0 Å². The Bertz CT molecular complexity index is 470. The topological polar surface area (TPSA) is 121 Å². The summed E-state index contributed by atoms with van der Waals surface area (Å²) in [5.74, 6) is -1.44. The lowest BCUT2D eigenvalue weighted by Crippen LogP contribution is -2.31. The Balaban J connectivity index is 2.40. The Labute approximate surface area is 131 Å². The van der Waals surface area contributed by atoms with Gasteiger partial charge in [-0.2, -0.15) is 8.42 Å². The van der Waals surface area contributed by atoms with Gasteiger partial charge in [-0.05, 0) is 18.3 Å². The Hall–Kier alpha value is -1.15. The largest absolute Gasteiger partial charge is 0.481 e. The number of carbonyl (C=O) groups excluding carboxylic acids is 1. The van der Waals surface area contributed by atoms with Gasteiger partial charge in [0, 0.05) is 19.4 Å². The fraction of sp³-hybridized carbons (Fsp3) is 0.857. The van der Waals surface area contributed by atoms with Gasteiger partial charge in [0.25, 0.3) is 10.1 Å². The molecule has 3 N–H and O–H groups in total. The van der Waals surface area contributed by atoms with Crippen LogP contribution < -0.4 is 5.32 Å². The molecule has 0 spiro atoms. The quantitative estimate of drug-likeness (QED) is 0.433. The predicted octanol–water partition coefficient (Wildman–Crippen LogP) is 1.44. The van der Waals surface area contributed by atoms with Gasteiger partial charge >= 0.3 is 5.97 Å². The van der Waals surface area contributed by atoms with Crippen molar-refractivity contribution in [2.24, 2.45) is 11.8 Å². The summed E-state index contributed by atoms with van der Waals surface area (Å²) in [6, 6.07) is 0. The molecule has 0 aliphatic heterocycles. The molecule has 1 atom stereocenters. The van der Waals surface area contributed by atoms with Gasteiger partial charge in [-0.3, -0.25) is 14.1 Å². The van der Waals surface area contributed by atoms with E-state index in [4.69, 9.17) is 9.66 Å². The zero-order valence-corrected chi connectivity index (χ0v) is 13.5. The monoisotopic (exact) mass is 335 g/mol. The van der Waals surface area contributed by atoms with Gasteiger partial charge < -0.3 is 10.4 Å². The van der Waals surface area contributed by atoms with E-state index in [2.05, 4.69) is 5.32 Å². The number of carbonyl (C=O) groups is 2. The van der Waals surface area contributed by atoms with Crippen LogP contribution in [0.1, 0.15) is 51.4 Å². The second-order valence-corrected chi connectivity index (χ2v) is 7.52. The molecule has 22 heavy (non-hydrogen) atoms. The van der Waals surface area contributed by atoms with Crippen molar-refractivity contribution >= 4 is 22.0 Å². The highest BCUT2D eigenvalue weighted by Crippen LogP contribution is 2.33. The first-order chi connectivity index (χ1) is 10.3. The molecule has 0 saturated heterocycles. The second kappa shape index (κ2) is 9.09. The number of carboxylic acids is 1. The minimum atomic E-state index is -4.01. The van der Waals surface area contributed by atoms with Crippen molar-refractivity contribution in [3.8, 4) is 0 Å². The molecular weight excluding hydrogens is 310 g/mol. The highest BCUT2D eigenvalue weighted by molar-refractivity contribution is 7.85. The Morgan fingerprint density at radius 2 is 1.77 bits per heavy atom. The summed E-state index contributed by atoms with van der Waals surface area (Å²) in [5.41, 5.74) is 0. The lowest BCUT2D eigenvalue weighted by molar-refractivity contribution is -0.139. The van der Waals surface area contributed by atoms with Gasteiger partial charge in [0.15, 0.2) is 0 Å². The molecule has 1 saturated carbocycles. The summed E-state index contributed by atoms with van der Waals surface area (Å²) in [7, 11) is -4.01. The molecule has 0 heterocycles. The first-order valence-electron chi connectivity index (χ1n) is 7.71.